The zero-order valence-corrected chi connectivity index (χ0v) is 25.2. The predicted molar refractivity (Wildman–Crippen MR) is 164 cm³/mol. The average Bonchev–Trinajstić information content (AvgIpc) is 3.44. The van der Waals surface area contributed by atoms with Gasteiger partial charge in [0.1, 0.15) is 13.7 Å². The highest BCUT2D eigenvalue weighted by Crippen LogP contribution is 2.17. The predicted octanol–water partition coefficient (Wildman–Crippen LogP) is 7.68. The summed E-state index contributed by atoms with van der Waals surface area (Å²) in [7, 11) is 2.28. The molecule has 1 aromatic heterocycles. The van der Waals surface area contributed by atoms with Crippen LogP contribution in [0.25, 0.3) is 0 Å². The number of nitrogens with zero attached hydrogens (tertiary/aromatic N) is 3. The van der Waals surface area contributed by atoms with Crippen LogP contribution in [-0.2, 0) is 11.2 Å². The number of rotatable bonds is 28. The van der Waals surface area contributed by atoms with Crippen LogP contribution in [0.2, 0.25) is 6.32 Å². The first-order valence-electron chi connectivity index (χ1n) is 16.3. The van der Waals surface area contributed by atoms with Crippen LogP contribution in [-0.4, -0.2) is 40.9 Å². The first kappa shape index (κ1) is 34.4. The van der Waals surface area contributed by atoms with E-state index in [1.807, 2.05) is 0 Å². The van der Waals surface area contributed by atoms with E-state index in [-0.39, 0.29) is 5.91 Å². The van der Waals surface area contributed by atoms with E-state index in [0.29, 0.717) is 6.42 Å². The van der Waals surface area contributed by atoms with Gasteiger partial charge in [0, 0.05) is 19.4 Å². The number of carbonyl (C=O) groups is 1. The molecule has 1 unspecified atom stereocenters. The van der Waals surface area contributed by atoms with Crippen LogP contribution in [0.5, 0.6) is 0 Å². The van der Waals surface area contributed by atoms with Gasteiger partial charge in [0.25, 0.3) is 0 Å². The number of aryl methyl sites for hydroxylation is 1. The van der Waals surface area contributed by atoms with E-state index in [0.717, 1.165) is 50.4 Å². The first-order chi connectivity index (χ1) is 18.7. The highest BCUT2D eigenvalue weighted by molar-refractivity contribution is 6.08. The van der Waals surface area contributed by atoms with E-state index in [9.17, 15) is 4.79 Å². The molecule has 218 valence electrons. The molecule has 1 amide bonds. The molecule has 1 aromatic rings. The summed E-state index contributed by atoms with van der Waals surface area (Å²) in [4.78, 5) is 12.0. The normalized spacial score (nSPS) is 12.0. The fourth-order valence-corrected chi connectivity index (χ4v) is 5.27. The molecule has 0 spiro atoms. The van der Waals surface area contributed by atoms with Crippen LogP contribution in [0.3, 0.4) is 0 Å². The molecule has 0 fully saturated rings. The maximum Gasteiger partial charge on any atom is 0.220 e. The third kappa shape index (κ3) is 21.3. The molecule has 1 heterocycles. The lowest BCUT2D eigenvalue weighted by Gasteiger charge is -2.12. The monoisotopic (exact) mass is 529 g/mol. The number of tetrazole rings is 1. The number of aromatic nitrogens is 4. The fraction of sp³-hybridized carbons (Fsp3) is 0.871. The summed E-state index contributed by atoms with van der Waals surface area (Å²) < 4.78 is 0. The number of carbonyl (C=O) groups excluding carboxylic acids is 1. The Morgan fingerprint density at radius 2 is 1.39 bits per heavy atom. The summed E-state index contributed by atoms with van der Waals surface area (Å²) in [6.07, 6.45) is 29.8. The Morgan fingerprint density at radius 1 is 0.816 bits per heavy atom. The molecule has 7 heteroatoms. The smallest absolute Gasteiger partial charge is 0.220 e. The number of H-pyrrole nitrogens is 1. The number of allylic oxidation sites excluding steroid dienone is 1. The van der Waals surface area contributed by atoms with Gasteiger partial charge in [0.2, 0.25) is 5.91 Å². The molecule has 6 nitrogen and oxygen atoms in total. The molecule has 38 heavy (non-hydrogen) atoms. The van der Waals surface area contributed by atoms with Gasteiger partial charge in [0.15, 0.2) is 0 Å². The number of amides is 1. The van der Waals surface area contributed by atoms with Gasteiger partial charge in [-0.1, -0.05) is 122 Å². The second-order valence-electron chi connectivity index (χ2n) is 11.4. The van der Waals surface area contributed by atoms with Crippen LogP contribution in [0.1, 0.15) is 154 Å². The number of nitrogens with one attached hydrogen (secondary N) is 2. The number of hydrogen-bond acceptors (Lipinski definition) is 4. The molecule has 0 saturated carbocycles. The van der Waals surface area contributed by atoms with Crippen LogP contribution in [0, 0.1) is 5.92 Å². The number of unbranched alkanes of at least 4 members (excludes halogenated alkanes) is 14. The fourth-order valence-electron chi connectivity index (χ4n) is 5.27. The highest BCUT2D eigenvalue weighted by Gasteiger charge is 2.05. The summed E-state index contributed by atoms with van der Waals surface area (Å²) >= 11 is 0. The Hall–Kier alpha value is -1.66. The molecule has 0 aliphatic heterocycles. The largest absolute Gasteiger partial charge is 0.356 e. The minimum Gasteiger partial charge on any atom is -0.356 e. The third-order valence-corrected chi connectivity index (χ3v) is 8.03. The van der Waals surface area contributed by atoms with E-state index in [1.165, 1.54) is 121 Å². The van der Waals surface area contributed by atoms with Crippen molar-refractivity contribution in [3.8, 4) is 0 Å². The molecule has 0 aromatic carbocycles. The summed E-state index contributed by atoms with van der Waals surface area (Å²) in [6.45, 7) is 7.36. The molecule has 2 N–H and O–H groups in total. The third-order valence-electron chi connectivity index (χ3n) is 8.03. The Bertz CT molecular complexity index is 663. The summed E-state index contributed by atoms with van der Waals surface area (Å²) in [5, 5.41) is 17.1. The maximum absolute atomic E-state index is 12.0. The average molecular weight is 530 g/mol. The van der Waals surface area contributed by atoms with Crippen LogP contribution >= 0.6 is 0 Å². The van der Waals surface area contributed by atoms with Gasteiger partial charge >= 0.3 is 0 Å². The van der Waals surface area contributed by atoms with Crippen molar-refractivity contribution in [2.24, 2.45) is 5.92 Å². The molecule has 1 atom stereocenters. The van der Waals surface area contributed by atoms with Crippen LogP contribution < -0.4 is 5.32 Å². The zero-order valence-electron chi connectivity index (χ0n) is 25.2. The van der Waals surface area contributed by atoms with Crippen molar-refractivity contribution in [2.45, 2.75) is 161 Å². The Balaban J connectivity index is 1.75. The first-order valence-corrected chi connectivity index (χ1v) is 16.3. The topological polar surface area (TPSA) is 83.6 Å². The van der Waals surface area contributed by atoms with Gasteiger partial charge in [-0.25, -0.2) is 5.10 Å². The summed E-state index contributed by atoms with van der Waals surface area (Å²) in [5.41, 5.74) is 1.33. The molecular formula is C31H60BN5O. The van der Waals surface area contributed by atoms with Gasteiger partial charge in [-0.2, -0.15) is 0 Å². The molecule has 0 saturated heterocycles. The van der Waals surface area contributed by atoms with Gasteiger partial charge in [-0.3, -0.25) is 4.79 Å². The van der Waals surface area contributed by atoms with Crippen molar-refractivity contribution in [1.29, 1.82) is 0 Å². The van der Waals surface area contributed by atoms with Crippen molar-refractivity contribution in [2.75, 3.05) is 6.54 Å². The van der Waals surface area contributed by atoms with Crippen molar-refractivity contribution >= 4 is 13.8 Å². The molecule has 0 bridgehead atoms. The van der Waals surface area contributed by atoms with Crippen molar-refractivity contribution < 1.29 is 4.79 Å². The number of aromatic amines is 1. The van der Waals surface area contributed by atoms with E-state index < -0.39 is 0 Å². The second-order valence-corrected chi connectivity index (χ2v) is 11.4. The van der Waals surface area contributed by atoms with Crippen molar-refractivity contribution in [3.05, 3.63) is 18.0 Å². The van der Waals surface area contributed by atoms with Crippen molar-refractivity contribution in [3.63, 3.8) is 0 Å². The molecular weight excluding hydrogens is 469 g/mol. The van der Waals surface area contributed by atoms with Gasteiger partial charge in [0.05, 0.1) is 0 Å². The lowest BCUT2D eigenvalue weighted by atomic mass is 9.86. The molecule has 0 aliphatic rings. The SMILES string of the molecule is BCC(CC)CCCCNC(=O)CCCC(=C)CCCCCCCCCCCCCCCCc1nnn[nH]1. The van der Waals surface area contributed by atoms with Crippen molar-refractivity contribution in [1.82, 2.24) is 25.9 Å². The number of hydrogen-bond donors (Lipinski definition) is 2. The Morgan fingerprint density at radius 3 is 1.95 bits per heavy atom. The zero-order chi connectivity index (χ0) is 27.5. The van der Waals surface area contributed by atoms with Crippen LogP contribution in [0.4, 0.5) is 0 Å². The second kappa shape index (κ2) is 25.6. The van der Waals surface area contributed by atoms with E-state index in [1.54, 1.807) is 0 Å². The summed E-state index contributed by atoms with van der Waals surface area (Å²) in [5.74, 6) is 1.99. The Kier molecular flexibility index (Phi) is 23.2. The maximum atomic E-state index is 12.0. The molecule has 0 aliphatic carbocycles. The highest BCUT2D eigenvalue weighted by atomic mass is 16.1. The van der Waals surface area contributed by atoms with Gasteiger partial charge < -0.3 is 5.32 Å². The minimum absolute atomic E-state index is 0.216. The lowest BCUT2D eigenvalue weighted by Crippen LogP contribution is -2.24. The quantitative estimate of drug-likeness (QED) is 0.0662. The minimum atomic E-state index is 0.216. The lowest BCUT2D eigenvalue weighted by molar-refractivity contribution is -0.121. The Labute approximate surface area is 235 Å². The van der Waals surface area contributed by atoms with E-state index in [2.05, 4.69) is 47.3 Å². The standard InChI is InChI=1S/C31H60BN5O/c1-3-29(27-32)23-18-19-26-33-31(38)25-20-22-28(2)21-16-14-12-10-8-6-4-5-7-9-11-13-15-17-24-30-34-36-37-35-30/h29H,2-27,32H2,1H3,(H,33,38)(H,34,35,36,37). The molecule has 1 rings (SSSR count). The molecule has 0 radical (unpaired) electrons. The van der Waals surface area contributed by atoms with Gasteiger partial charge in [-0.15, -0.1) is 5.10 Å². The van der Waals surface area contributed by atoms with E-state index in [4.69, 9.17) is 0 Å². The summed E-state index contributed by atoms with van der Waals surface area (Å²) in [6, 6.07) is 0. The van der Waals surface area contributed by atoms with E-state index >= 15 is 0 Å². The van der Waals surface area contributed by atoms with Gasteiger partial charge in [-0.05, 0) is 54.9 Å². The van der Waals surface area contributed by atoms with Crippen LogP contribution in [0.15, 0.2) is 12.2 Å².